The van der Waals surface area contributed by atoms with E-state index in [0.717, 1.165) is 38.4 Å². The smallest absolute Gasteiger partial charge is 0.263 e. The first kappa shape index (κ1) is 19.4. The van der Waals surface area contributed by atoms with E-state index in [2.05, 4.69) is 48.8 Å². The third-order valence-corrected chi connectivity index (χ3v) is 6.32. The van der Waals surface area contributed by atoms with E-state index in [9.17, 15) is 8.42 Å². The van der Waals surface area contributed by atoms with Crippen molar-refractivity contribution >= 4 is 21.5 Å². The molecule has 1 saturated heterocycles. The molecule has 0 aliphatic carbocycles. The van der Waals surface area contributed by atoms with Crippen molar-refractivity contribution in [3.05, 3.63) is 78.8 Å². The zero-order valence-electron chi connectivity index (χ0n) is 16.0. The Hall–Kier alpha value is -2.97. The molecule has 150 valence electrons. The van der Waals surface area contributed by atoms with Gasteiger partial charge in [-0.25, -0.2) is 18.4 Å². The Labute approximate surface area is 171 Å². The Bertz CT molecular complexity index is 1020. The Kier molecular flexibility index (Phi) is 5.73. The average molecular weight is 410 g/mol. The van der Waals surface area contributed by atoms with Crippen molar-refractivity contribution in [2.24, 2.45) is 0 Å². The summed E-state index contributed by atoms with van der Waals surface area (Å²) in [7, 11) is -3.67. The van der Waals surface area contributed by atoms with Gasteiger partial charge in [0.25, 0.3) is 10.0 Å². The van der Waals surface area contributed by atoms with Crippen molar-refractivity contribution in [3.63, 3.8) is 0 Å². The van der Waals surface area contributed by atoms with E-state index in [4.69, 9.17) is 0 Å². The third kappa shape index (κ3) is 4.90. The molecule has 2 aromatic carbocycles. The summed E-state index contributed by atoms with van der Waals surface area (Å²) in [6.07, 6.45) is 2.80. The molecule has 7 nitrogen and oxygen atoms in total. The van der Waals surface area contributed by atoms with Crippen LogP contribution in [0.4, 0.5) is 11.5 Å². The van der Waals surface area contributed by atoms with Crippen LogP contribution in [0.3, 0.4) is 0 Å². The van der Waals surface area contributed by atoms with Crippen LogP contribution in [-0.4, -0.2) is 49.5 Å². The van der Waals surface area contributed by atoms with Crippen LogP contribution >= 0.6 is 0 Å². The summed E-state index contributed by atoms with van der Waals surface area (Å²) < 4.78 is 27.5. The van der Waals surface area contributed by atoms with Gasteiger partial charge in [-0.3, -0.25) is 9.62 Å². The fraction of sp³-hybridized carbons (Fsp3) is 0.238. The highest BCUT2D eigenvalue weighted by Gasteiger charge is 2.19. The van der Waals surface area contributed by atoms with Gasteiger partial charge in [-0.1, -0.05) is 30.3 Å². The van der Waals surface area contributed by atoms with Crippen molar-refractivity contribution in [1.29, 1.82) is 0 Å². The monoisotopic (exact) mass is 409 g/mol. The van der Waals surface area contributed by atoms with Crippen LogP contribution in [0, 0.1) is 0 Å². The molecular weight excluding hydrogens is 386 g/mol. The van der Waals surface area contributed by atoms with Gasteiger partial charge in [0, 0.05) is 44.6 Å². The summed E-state index contributed by atoms with van der Waals surface area (Å²) in [6, 6.07) is 19.0. The molecule has 0 saturated carbocycles. The van der Waals surface area contributed by atoms with E-state index < -0.39 is 10.0 Å². The first-order chi connectivity index (χ1) is 14.1. The normalized spacial score (nSPS) is 15.2. The molecule has 0 unspecified atom stereocenters. The highest BCUT2D eigenvalue weighted by molar-refractivity contribution is 7.92. The van der Waals surface area contributed by atoms with Gasteiger partial charge in [-0.15, -0.1) is 0 Å². The lowest BCUT2D eigenvalue weighted by molar-refractivity contribution is 0.250. The van der Waals surface area contributed by atoms with E-state index in [0.29, 0.717) is 0 Å². The van der Waals surface area contributed by atoms with Crippen LogP contribution in [0.25, 0.3) is 0 Å². The number of aromatic nitrogens is 2. The quantitative estimate of drug-likeness (QED) is 0.674. The predicted molar refractivity (Wildman–Crippen MR) is 113 cm³/mol. The van der Waals surface area contributed by atoms with Gasteiger partial charge in [-0.2, -0.15) is 0 Å². The van der Waals surface area contributed by atoms with Crippen LogP contribution < -0.4 is 9.62 Å². The van der Waals surface area contributed by atoms with Crippen molar-refractivity contribution in [2.45, 2.75) is 11.4 Å². The topological polar surface area (TPSA) is 78.4 Å². The highest BCUT2D eigenvalue weighted by Crippen LogP contribution is 2.21. The van der Waals surface area contributed by atoms with Crippen molar-refractivity contribution in [1.82, 2.24) is 14.9 Å². The van der Waals surface area contributed by atoms with Crippen LogP contribution in [-0.2, 0) is 16.6 Å². The van der Waals surface area contributed by atoms with Crippen LogP contribution in [0.1, 0.15) is 5.56 Å². The molecule has 1 fully saturated rings. The fourth-order valence-corrected chi connectivity index (χ4v) is 4.40. The minimum Gasteiger partial charge on any atom is -0.369 e. The number of benzene rings is 2. The maximum atomic E-state index is 12.5. The molecule has 8 heteroatoms. The molecular formula is C21H23N5O2S. The minimum atomic E-state index is -3.67. The van der Waals surface area contributed by atoms with Crippen LogP contribution in [0.15, 0.2) is 78.1 Å². The molecule has 29 heavy (non-hydrogen) atoms. The van der Waals surface area contributed by atoms with Crippen LogP contribution in [0.2, 0.25) is 0 Å². The number of anilines is 2. The van der Waals surface area contributed by atoms with Gasteiger partial charge < -0.3 is 4.90 Å². The number of hydrogen-bond donors (Lipinski definition) is 1. The number of nitrogens with zero attached hydrogens (tertiary/aromatic N) is 4. The van der Waals surface area contributed by atoms with Gasteiger partial charge in [0.2, 0.25) is 0 Å². The summed E-state index contributed by atoms with van der Waals surface area (Å²) >= 11 is 0. The molecule has 1 aliphatic heterocycles. The molecule has 1 aliphatic rings. The third-order valence-electron chi connectivity index (χ3n) is 4.95. The van der Waals surface area contributed by atoms with E-state index in [1.54, 1.807) is 12.1 Å². The molecule has 0 atom stereocenters. The van der Waals surface area contributed by atoms with E-state index in [1.807, 2.05) is 18.2 Å². The largest absolute Gasteiger partial charge is 0.369 e. The fourth-order valence-electron chi connectivity index (χ4n) is 3.39. The van der Waals surface area contributed by atoms with E-state index in [1.165, 1.54) is 24.2 Å². The van der Waals surface area contributed by atoms with Gasteiger partial charge >= 0.3 is 0 Å². The number of rotatable bonds is 6. The van der Waals surface area contributed by atoms with E-state index in [-0.39, 0.29) is 10.7 Å². The Morgan fingerprint density at radius 3 is 2.28 bits per heavy atom. The first-order valence-electron chi connectivity index (χ1n) is 9.50. The summed E-state index contributed by atoms with van der Waals surface area (Å²) in [6.45, 7) is 4.74. The highest BCUT2D eigenvalue weighted by atomic mass is 32.2. The second kappa shape index (κ2) is 8.59. The average Bonchev–Trinajstić information content (AvgIpc) is 2.76. The zero-order chi connectivity index (χ0) is 20.1. The van der Waals surface area contributed by atoms with Crippen molar-refractivity contribution in [3.8, 4) is 0 Å². The lowest BCUT2D eigenvalue weighted by Crippen LogP contribution is -2.45. The first-order valence-corrected chi connectivity index (χ1v) is 11.0. The van der Waals surface area contributed by atoms with Crippen molar-refractivity contribution in [2.75, 3.05) is 35.8 Å². The molecule has 4 rings (SSSR count). The van der Waals surface area contributed by atoms with Gasteiger partial charge in [-0.05, 0) is 35.9 Å². The second-order valence-corrected chi connectivity index (χ2v) is 8.63. The molecule has 1 N–H and O–H groups in total. The zero-order valence-corrected chi connectivity index (χ0v) is 16.8. The number of hydrogen-bond acceptors (Lipinski definition) is 6. The van der Waals surface area contributed by atoms with Gasteiger partial charge in [0.15, 0.2) is 0 Å². The predicted octanol–water partition coefficient (Wildman–Crippen LogP) is 2.60. The van der Waals surface area contributed by atoms with Gasteiger partial charge in [0.05, 0.1) is 4.90 Å². The molecule has 2 heterocycles. The molecule has 0 amide bonds. The second-order valence-electron chi connectivity index (χ2n) is 6.94. The molecule has 0 bridgehead atoms. The number of nitrogens with one attached hydrogen (secondary N) is 1. The summed E-state index contributed by atoms with van der Waals surface area (Å²) in [5, 5.41) is 0. The molecule has 0 spiro atoms. The van der Waals surface area contributed by atoms with Crippen molar-refractivity contribution < 1.29 is 8.42 Å². The van der Waals surface area contributed by atoms with Gasteiger partial charge in [0.1, 0.15) is 12.1 Å². The summed E-state index contributed by atoms with van der Waals surface area (Å²) in [5.74, 6) is 0.249. The number of piperazine rings is 1. The lowest BCUT2D eigenvalue weighted by atomic mass is 10.2. The number of sulfonamides is 1. The Morgan fingerprint density at radius 1 is 0.897 bits per heavy atom. The summed E-state index contributed by atoms with van der Waals surface area (Å²) in [4.78, 5) is 12.6. The van der Waals surface area contributed by atoms with E-state index >= 15 is 0 Å². The maximum Gasteiger partial charge on any atom is 0.263 e. The molecule has 1 aromatic heterocycles. The Morgan fingerprint density at radius 2 is 1.62 bits per heavy atom. The molecule has 3 aromatic rings. The standard InChI is InChI=1S/C21H23N5O2S/c27-29(28,24-21-10-11-22-17-23-21)20-8-6-19(7-9-20)26-14-12-25(13-15-26)16-18-4-2-1-3-5-18/h1-11,17H,12-16H2,(H,22,23,24). The lowest BCUT2D eigenvalue weighted by Gasteiger charge is -2.36. The summed E-state index contributed by atoms with van der Waals surface area (Å²) in [5.41, 5.74) is 2.36. The Balaban J connectivity index is 1.36. The SMILES string of the molecule is O=S(=O)(Nc1ccncn1)c1ccc(N2CCN(Cc3ccccc3)CC2)cc1. The molecule has 0 radical (unpaired) electrons. The minimum absolute atomic E-state index is 0.211. The van der Waals surface area contributed by atoms with Crippen LogP contribution in [0.5, 0.6) is 0 Å². The maximum absolute atomic E-state index is 12.5.